The number of nitrogens with zero attached hydrogens (tertiary/aromatic N) is 1. The molecule has 0 aliphatic carbocycles. The van der Waals surface area contributed by atoms with Gasteiger partial charge < -0.3 is 4.74 Å². The molecule has 0 aliphatic rings. The second-order valence-electron chi connectivity index (χ2n) is 6.58. The molecule has 146 valence electrons. The van der Waals surface area contributed by atoms with Crippen LogP contribution in [-0.4, -0.2) is 28.0 Å². The number of methoxy groups -OCH3 is 1. The second-order valence-corrected chi connectivity index (χ2v) is 8.45. The fraction of sp³-hybridized carbons (Fsp3) is 0.350. The van der Waals surface area contributed by atoms with Gasteiger partial charge in [-0.3, -0.25) is 4.31 Å². The minimum absolute atomic E-state index is 0.0613. The van der Waals surface area contributed by atoms with Gasteiger partial charge in [-0.2, -0.15) is 0 Å². The molecular weight excluding hydrogens is 369 g/mol. The quantitative estimate of drug-likeness (QED) is 0.667. The Bertz CT molecular complexity index is 908. The van der Waals surface area contributed by atoms with Gasteiger partial charge in [0.15, 0.2) is 0 Å². The Morgan fingerprint density at radius 2 is 1.78 bits per heavy atom. The van der Waals surface area contributed by atoms with Crippen molar-refractivity contribution in [3.05, 3.63) is 59.4 Å². The zero-order chi connectivity index (χ0) is 20.2. The molecule has 0 bridgehead atoms. The van der Waals surface area contributed by atoms with Gasteiger partial charge in [-0.1, -0.05) is 32.9 Å². The highest BCUT2D eigenvalue weighted by molar-refractivity contribution is 7.92. The van der Waals surface area contributed by atoms with E-state index in [0.29, 0.717) is 5.69 Å². The van der Waals surface area contributed by atoms with E-state index in [0.717, 1.165) is 37.3 Å². The lowest BCUT2D eigenvalue weighted by Gasteiger charge is -2.26. The van der Waals surface area contributed by atoms with Crippen LogP contribution >= 0.6 is 0 Å². The van der Waals surface area contributed by atoms with E-state index < -0.39 is 27.4 Å². The van der Waals surface area contributed by atoms with Crippen LogP contribution in [-0.2, 0) is 21.2 Å². The summed E-state index contributed by atoms with van der Waals surface area (Å²) in [4.78, 5) is 11.6. The van der Waals surface area contributed by atoms with Gasteiger partial charge in [0.05, 0.1) is 23.3 Å². The van der Waals surface area contributed by atoms with Crippen LogP contribution in [0.2, 0.25) is 0 Å². The van der Waals surface area contributed by atoms with E-state index in [9.17, 15) is 17.6 Å². The maximum atomic E-state index is 13.9. The summed E-state index contributed by atoms with van der Waals surface area (Å²) < 4.78 is 46.2. The molecule has 0 saturated heterocycles. The molecule has 0 saturated carbocycles. The van der Waals surface area contributed by atoms with E-state index in [4.69, 9.17) is 0 Å². The predicted molar refractivity (Wildman–Crippen MR) is 103 cm³/mol. The van der Waals surface area contributed by atoms with Crippen molar-refractivity contribution in [3.8, 4) is 0 Å². The average Bonchev–Trinajstić information content (AvgIpc) is 2.65. The lowest BCUT2D eigenvalue weighted by Crippen LogP contribution is -2.34. The van der Waals surface area contributed by atoms with Gasteiger partial charge in [0.1, 0.15) is 5.82 Å². The molecule has 0 radical (unpaired) electrons. The van der Waals surface area contributed by atoms with Crippen molar-refractivity contribution in [1.82, 2.24) is 0 Å². The van der Waals surface area contributed by atoms with E-state index in [-0.39, 0.29) is 17.4 Å². The summed E-state index contributed by atoms with van der Waals surface area (Å²) in [6.07, 6.45) is 0.845. The first-order valence-electron chi connectivity index (χ1n) is 8.70. The number of esters is 1. The van der Waals surface area contributed by atoms with E-state index in [2.05, 4.69) is 4.74 Å². The molecule has 5 nitrogen and oxygen atoms in total. The highest BCUT2D eigenvalue weighted by Gasteiger charge is 2.27. The molecule has 2 aromatic rings. The molecule has 0 amide bonds. The molecule has 0 aromatic heterocycles. The van der Waals surface area contributed by atoms with Gasteiger partial charge >= 0.3 is 5.97 Å². The number of benzene rings is 2. The second kappa shape index (κ2) is 8.52. The van der Waals surface area contributed by atoms with Crippen molar-refractivity contribution < 1.29 is 22.3 Å². The number of hydrogen-bond donors (Lipinski definition) is 0. The number of carbonyl (C=O) groups is 1. The number of anilines is 1. The average molecular weight is 393 g/mol. The lowest BCUT2D eigenvalue weighted by atomic mass is 10.1. The Kier molecular flexibility index (Phi) is 6.59. The van der Waals surface area contributed by atoms with Crippen LogP contribution in [0.4, 0.5) is 10.1 Å². The SMILES string of the molecule is CCc1ccc(N(CC(C)C)S(=O)(=O)c2ccc(F)c(C(=O)OC)c2)cc1. The van der Waals surface area contributed by atoms with Crippen molar-refractivity contribution in [3.63, 3.8) is 0 Å². The first-order valence-corrected chi connectivity index (χ1v) is 10.1. The Balaban J connectivity index is 2.55. The first-order chi connectivity index (χ1) is 12.7. The van der Waals surface area contributed by atoms with Crippen LogP contribution in [0, 0.1) is 11.7 Å². The fourth-order valence-electron chi connectivity index (χ4n) is 2.63. The molecule has 0 unspecified atom stereocenters. The Morgan fingerprint density at radius 1 is 1.15 bits per heavy atom. The minimum Gasteiger partial charge on any atom is -0.465 e. The van der Waals surface area contributed by atoms with E-state index >= 15 is 0 Å². The molecule has 7 heteroatoms. The maximum Gasteiger partial charge on any atom is 0.340 e. The maximum absolute atomic E-state index is 13.9. The summed E-state index contributed by atoms with van der Waals surface area (Å²) in [6.45, 7) is 6.09. The largest absolute Gasteiger partial charge is 0.465 e. The Morgan fingerprint density at radius 3 is 2.30 bits per heavy atom. The van der Waals surface area contributed by atoms with Crippen molar-refractivity contribution in [2.45, 2.75) is 32.1 Å². The van der Waals surface area contributed by atoms with Crippen LogP contribution in [0.5, 0.6) is 0 Å². The molecule has 2 rings (SSSR count). The van der Waals surface area contributed by atoms with Crippen LogP contribution in [0.25, 0.3) is 0 Å². The van der Waals surface area contributed by atoms with Gasteiger partial charge in [-0.05, 0) is 48.2 Å². The van der Waals surface area contributed by atoms with Gasteiger partial charge in [0.2, 0.25) is 0 Å². The molecule has 0 N–H and O–H groups in total. The molecule has 2 aromatic carbocycles. The molecule has 0 fully saturated rings. The summed E-state index contributed by atoms with van der Waals surface area (Å²) in [7, 11) is -2.88. The monoisotopic (exact) mass is 393 g/mol. The number of sulfonamides is 1. The number of aryl methyl sites for hydroxylation is 1. The summed E-state index contributed by atoms with van der Waals surface area (Å²) in [5.74, 6) is -1.69. The zero-order valence-electron chi connectivity index (χ0n) is 15.9. The molecule has 0 heterocycles. The number of ether oxygens (including phenoxy) is 1. The van der Waals surface area contributed by atoms with Gasteiger partial charge in [0, 0.05) is 6.54 Å². The normalized spacial score (nSPS) is 11.5. The molecule has 0 atom stereocenters. The summed E-state index contributed by atoms with van der Waals surface area (Å²) in [5.41, 5.74) is 1.20. The molecular formula is C20H24FNO4S. The molecule has 27 heavy (non-hydrogen) atoms. The highest BCUT2D eigenvalue weighted by atomic mass is 32.2. The molecule has 0 spiro atoms. The Hall–Kier alpha value is -2.41. The molecule has 0 aliphatic heterocycles. The van der Waals surface area contributed by atoms with Crippen LogP contribution in [0.1, 0.15) is 36.7 Å². The smallest absolute Gasteiger partial charge is 0.340 e. The number of rotatable bonds is 7. The third-order valence-corrected chi connectivity index (χ3v) is 5.88. The standard InChI is InChI=1S/C20H24FNO4S/c1-5-15-6-8-16(9-7-15)22(13-14(2)3)27(24,25)17-10-11-19(21)18(12-17)20(23)26-4/h6-12,14H,5,13H2,1-4H3. The number of halogens is 1. The van der Waals surface area contributed by atoms with Crippen molar-refractivity contribution in [2.75, 3.05) is 18.0 Å². The van der Waals surface area contributed by atoms with E-state index in [1.54, 1.807) is 12.1 Å². The van der Waals surface area contributed by atoms with Crippen molar-refractivity contribution in [2.24, 2.45) is 5.92 Å². The van der Waals surface area contributed by atoms with Crippen LogP contribution < -0.4 is 4.31 Å². The lowest BCUT2D eigenvalue weighted by molar-refractivity contribution is 0.0595. The third-order valence-electron chi connectivity index (χ3n) is 4.09. The van der Waals surface area contributed by atoms with Crippen LogP contribution in [0.15, 0.2) is 47.4 Å². The third kappa shape index (κ3) is 4.66. The van der Waals surface area contributed by atoms with Crippen LogP contribution in [0.3, 0.4) is 0 Å². The topological polar surface area (TPSA) is 63.7 Å². The zero-order valence-corrected chi connectivity index (χ0v) is 16.7. The van der Waals surface area contributed by atoms with E-state index in [1.807, 2.05) is 32.9 Å². The summed E-state index contributed by atoms with van der Waals surface area (Å²) >= 11 is 0. The van der Waals surface area contributed by atoms with Crippen molar-refractivity contribution >= 4 is 21.7 Å². The fourth-order valence-corrected chi connectivity index (χ4v) is 4.29. The Labute approximate surface area is 159 Å². The highest BCUT2D eigenvalue weighted by Crippen LogP contribution is 2.27. The number of hydrogen-bond acceptors (Lipinski definition) is 4. The van der Waals surface area contributed by atoms with Crippen molar-refractivity contribution in [1.29, 1.82) is 0 Å². The van der Waals surface area contributed by atoms with E-state index in [1.165, 1.54) is 4.31 Å². The predicted octanol–water partition coefficient (Wildman–Crippen LogP) is 4.03. The summed E-state index contributed by atoms with van der Waals surface area (Å²) in [5, 5.41) is 0. The van der Waals surface area contributed by atoms with Gasteiger partial charge in [-0.15, -0.1) is 0 Å². The minimum atomic E-state index is -3.99. The van der Waals surface area contributed by atoms with Gasteiger partial charge in [-0.25, -0.2) is 17.6 Å². The summed E-state index contributed by atoms with van der Waals surface area (Å²) in [6, 6.07) is 10.4. The van der Waals surface area contributed by atoms with Gasteiger partial charge in [0.25, 0.3) is 10.0 Å². The first kappa shape index (κ1) is 20.9. The number of carbonyl (C=O) groups excluding carboxylic acids is 1.